The Labute approximate surface area is 147 Å². The zero-order valence-electron chi connectivity index (χ0n) is 15.2. The van der Waals surface area contributed by atoms with E-state index in [1.54, 1.807) is 0 Å². The van der Waals surface area contributed by atoms with E-state index in [-0.39, 0.29) is 17.3 Å². The summed E-state index contributed by atoms with van der Waals surface area (Å²) in [6.07, 6.45) is 14.9. The van der Waals surface area contributed by atoms with E-state index in [0.717, 1.165) is 12.8 Å². The molecule has 0 spiro atoms. The summed E-state index contributed by atoms with van der Waals surface area (Å²) in [6.45, 7) is 2.25. The SMILES string of the molecule is CCCCCCCCCCCCCC(=O)Cc1cc(O)cc(O)c1. The molecule has 0 fully saturated rings. The highest BCUT2D eigenvalue weighted by Crippen LogP contribution is 2.21. The van der Waals surface area contributed by atoms with Gasteiger partial charge in [0.05, 0.1) is 0 Å². The van der Waals surface area contributed by atoms with Crippen LogP contribution in [-0.2, 0) is 11.2 Å². The molecule has 0 radical (unpaired) electrons. The molecule has 24 heavy (non-hydrogen) atoms. The molecule has 0 unspecified atom stereocenters. The molecule has 0 aliphatic heterocycles. The maximum atomic E-state index is 11.9. The van der Waals surface area contributed by atoms with E-state index in [0.29, 0.717) is 18.4 Å². The normalized spacial score (nSPS) is 10.9. The average Bonchev–Trinajstić information content (AvgIpc) is 2.51. The number of carbonyl (C=O) groups is 1. The van der Waals surface area contributed by atoms with Crippen molar-refractivity contribution in [2.45, 2.75) is 90.4 Å². The van der Waals surface area contributed by atoms with Crippen molar-refractivity contribution in [1.82, 2.24) is 0 Å². The first-order valence-corrected chi connectivity index (χ1v) is 9.65. The number of phenols is 2. The highest BCUT2D eigenvalue weighted by atomic mass is 16.3. The van der Waals surface area contributed by atoms with E-state index < -0.39 is 0 Å². The summed E-state index contributed by atoms with van der Waals surface area (Å²) >= 11 is 0. The lowest BCUT2D eigenvalue weighted by atomic mass is 10.0. The summed E-state index contributed by atoms with van der Waals surface area (Å²) in [6, 6.07) is 4.36. The Morgan fingerprint density at radius 2 is 1.21 bits per heavy atom. The number of aromatic hydroxyl groups is 2. The summed E-state index contributed by atoms with van der Waals surface area (Å²) < 4.78 is 0. The van der Waals surface area contributed by atoms with Gasteiger partial charge in [0.15, 0.2) is 0 Å². The predicted octanol–water partition coefficient (Wildman–Crippen LogP) is 5.91. The second-order valence-electron chi connectivity index (χ2n) is 6.86. The van der Waals surface area contributed by atoms with Gasteiger partial charge in [0.2, 0.25) is 0 Å². The third-order valence-electron chi connectivity index (χ3n) is 4.42. The summed E-state index contributed by atoms with van der Waals surface area (Å²) in [4.78, 5) is 11.9. The van der Waals surface area contributed by atoms with Gasteiger partial charge in [0.1, 0.15) is 17.3 Å². The van der Waals surface area contributed by atoms with Crippen LogP contribution < -0.4 is 0 Å². The molecule has 2 N–H and O–H groups in total. The van der Waals surface area contributed by atoms with Crippen molar-refractivity contribution in [3.63, 3.8) is 0 Å². The van der Waals surface area contributed by atoms with E-state index in [9.17, 15) is 15.0 Å². The molecule has 0 aromatic heterocycles. The van der Waals surface area contributed by atoms with Gasteiger partial charge >= 0.3 is 0 Å². The number of unbranched alkanes of at least 4 members (excludes halogenated alkanes) is 10. The van der Waals surface area contributed by atoms with Gasteiger partial charge in [-0.25, -0.2) is 0 Å². The Balaban J connectivity index is 1.98. The lowest BCUT2D eigenvalue weighted by Crippen LogP contribution is -2.02. The molecule has 0 saturated heterocycles. The van der Waals surface area contributed by atoms with Gasteiger partial charge in [-0.3, -0.25) is 4.79 Å². The Morgan fingerprint density at radius 1 is 0.750 bits per heavy atom. The van der Waals surface area contributed by atoms with Crippen LogP contribution in [0.25, 0.3) is 0 Å². The number of phenolic OH excluding ortho intramolecular Hbond substituents is 2. The fourth-order valence-electron chi connectivity index (χ4n) is 3.06. The van der Waals surface area contributed by atoms with Crippen molar-refractivity contribution in [2.75, 3.05) is 0 Å². The lowest BCUT2D eigenvalue weighted by molar-refractivity contribution is -0.118. The second-order valence-corrected chi connectivity index (χ2v) is 6.86. The molecule has 0 aliphatic rings. The third kappa shape index (κ3) is 10.3. The number of ketones is 1. The summed E-state index contributed by atoms with van der Waals surface area (Å²) in [7, 11) is 0. The van der Waals surface area contributed by atoms with E-state index >= 15 is 0 Å². The molecule has 0 heterocycles. The first-order valence-electron chi connectivity index (χ1n) is 9.65. The van der Waals surface area contributed by atoms with Gasteiger partial charge in [-0.2, -0.15) is 0 Å². The van der Waals surface area contributed by atoms with E-state index in [1.165, 1.54) is 76.0 Å². The maximum absolute atomic E-state index is 11.9. The fraction of sp³-hybridized carbons (Fsp3) is 0.667. The first kappa shape index (κ1) is 20.5. The molecule has 3 nitrogen and oxygen atoms in total. The zero-order valence-corrected chi connectivity index (χ0v) is 15.2. The van der Waals surface area contributed by atoms with E-state index in [4.69, 9.17) is 0 Å². The molecule has 3 heteroatoms. The van der Waals surface area contributed by atoms with Crippen molar-refractivity contribution >= 4 is 5.78 Å². The Hall–Kier alpha value is -1.51. The minimum absolute atomic E-state index is 0.00694. The van der Waals surface area contributed by atoms with E-state index in [1.807, 2.05) is 0 Å². The maximum Gasteiger partial charge on any atom is 0.137 e. The van der Waals surface area contributed by atoms with Gasteiger partial charge in [0.25, 0.3) is 0 Å². The largest absolute Gasteiger partial charge is 0.508 e. The molecule has 1 aromatic carbocycles. The summed E-state index contributed by atoms with van der Waals surface area (Å²) in [5.41, 5.74) is 0.681. The highest BCUT2D eigenvalue weighted by Gasteiger charge is 2.06. The van der Waals surface area contributed by atoms with Crippen LogP contribution in [0.15, 0.2) is 18.2 Å². The molecule has 0 atom stereocenters. The predicted molar refractivity (Wildman–Crippen MR) is 99.6 cm³/mol. The highest BCUT2D eigenvalue weighted by molar-refractivity contribution is 5.81. The molecule has 0 aliphatic carbocycles. The zero-order chi connectivity index (χ0) is 17.6. The van der Waals surface area contributed by atoms with Gasteiger partial charge in [-0.1, -0.05) is 71.1 Å². The third-order valence-corrected chi connectivity index (χ3v) is 4.42. The lowest BCUT2D eigenvalue weighted by Gasteiger charge is -2.04. The summed E-state index contributed by atoms with van der Waals surface area (Å²) in [5, 5.41) is 18.8. The van der Waals surface area contributed by atoms with Gasteiger partial charge in [-0.05, 0) is 24.1 Å². The number of carbonyl (C=O) groups excluding carboxylic acids is 1. The smallest absolute Gasteiger partial charge is 0.137 e. The molecular weight excluding hydrogens is 300 g/mol. The molecule has 0 amide bonds. The van der Waals surface area contributed by atoms with Gasteiger partial charge < -0.3 is 10.2 Å². The van der Waals surface area contributed by atoms with Crippen LogP contribution >= 0.6 is 0 Å². The molecule has 136 valence electrons. The molecular formula is C21H34O3. The van der Waals surface area contributed by atoms with Crippen LogP contribution in [0.4, 0.5) is 0 Å². The van der Waals surface area contributed by atoms with Crippen molar-refractivity contribution in [2.24, 2.45) is 0 Å². The van der Waals surface area contributed by atoms with Crippen LogP contribution in [0.3, 0.4) is 0 Å². The quantitative estimate of drug-likeness (QED) is 0.416. The first-order chi connectivity index (χ1) is 11.6. The second kappa shape index (κ2) is 12.9. The number of rotatable bonds is 14. The monoisotopic (exact) mass is 334 g/mol. The minimum atomic E-state index is 0.00694. The summed E-state index contributed by atoms with van der Waals surface area (Å²) in [5.74, 6) is 0.191. The van der Waals surface area contributed by atoms with Crippen LogP contribution in [-0.4, -0.2) is 16.0 Å². The number of Topliss-reactive ketones (excluding diaryl/α,β-unsaturated/α-hetero) is 1. The number of hydrogen-bond acceptors (Lipinski definition) is 3. The Bertz CT molecular complexity index is 448. The van der Waals surface area contributed by atoms with Crippen molar-refractivity contribution in [3.05, 3.63) is 23.8 Å². The van der Waals surface area contributed by atoms with Crippen LogP contribution in [0.5, 0.6) is 11.5 Å². The van der Waals surface area contributed by atoms with E-state index in [2.05, 4.69) is 6.92 Å². The Kier molecular flexibility index (Phi) is 11.0. The van der Waals surface area contributed by atoms with Gasteiger partial charge in [0, 0.05) is 18.9 Å². The van der Waals surface area contributed by atoms with Gasteiger partial charge in [-0.15, -0.1) is 0 Å². The molecule has 1 rings (SSSR count). The van der Waals surface area contributed by atoms with Crippen LogP contribution in [0.2, 0.25) is 0 Å². The van der Waals surface area contributed by atoms with Crippen LogP contribution in [0.1, 0.15) is 89.5 Å². The number of hydrogen-bond donors (Lipinski definition) is 2. The van der Waals surface area contributed by atoms with Crippen molar-refractivity contribution in [3.8, 4) is 11.5 Å². The number of benzene rings is 1. The Morgan fingerprint density at radius 3 is 1.71 bits per heavy atom. The molecule has 0 bridgehead atoms. The van der Waals surface area contributed by atoms with Crippen molar-refractivity contribution < 1.29 is 15.0 Å². The molecule has 1 aromatic rings. The standard InChI is InChI=1S/C21H34O3/c1-2-3-4-5-6-7-8-9-10-11-12-13-19(22)14-18-15-20(23)17-21(24)16-18/h15-17,23-24H,2-14H2,1H3. The average molecular weight is 334 g/mol. The molecule has 0 saturated carbocycles. The minimum Gasteiger partial charge on any atom is -0.508 e. The topological polar surface area (TPSA) is 57.5 Å². The fourth-order valence-corrected chi connectivity index (χ4v) is 3.06. The van der Waals surface area contributed by atoms with Crippen LogP contribution in [0, 0.1) is 0 Å². The van der Waals surface area contributed by atoms with Crippen molar-refractivity contribution in [1.29, 1.82) is 0 Å².